The van der Waals surface area contributed by atoms with Crippen LogP contribution in [0.2, 0.25) is 0 Å². The van der Waals surface area contributed by atoms with Crippen LogP contribution in [0.3, 0.4) is 0 Å². The summed E-state index contributed by atoms with van der Waals surface area (Å²) in [6.07, 6.45) is 4.71. The van der Waals surface area contributed by atoms with Gasteiger partial charge in [0.25, 0.3) is 6.71 Å². The Balaban J connectivity index is 1.23. The zero-order valence-electron chi connectivity index (χ0n) is 38.4. The first kappa shape index (κ1) is 38.7. The maximum atomic E-state index is 6.75. The molecule has 0 fully saturated rings. The van der Waals surface area contributed by atoms with Gasteiger partial charge < -0.3 is 14.2 Å². The first-order valence-corrected chi connectivity index (χ1v) is 23.3. The molecule has 8 aromatic rings. The molecule has 4 aliphatic rings. The number of fused-ring (bicyclic) bond motifs is 10. The topological polar surface area (TPSA) is 19.6 Å². The number of anilines is 6. The highest BCUT2D eigenvalue weighted by molar-refractivity contribution is 7.00. The maximum Gasteiger partial charge on any atom is 0.252 e. The van der Waals surface area contributed by atoms with Crippen LogP contribution in [0, 0.1) is 6.92 Å². The molecule has 3 heterocycles. The third-order valence-electron chi connectivity index (χ3n) is 16.0. The molecule has 0 amide bonds. The van der Waals surface area contributed by atoms with Gasteiger partial charge in [0, 0.05) is 33.7 Å². The molecule has 0 unspecified atom stereocenters. The molecule has 3 nitrogen and oxygen atoms in total. The third kappa shape index (κ3) is 5.52. The molecule has 0 atom stereocenters. The number of hydrogen-bond acceptors (Lipinski definition) is 3. The van der Waals surface area contributed by atoms with Gasteiger partial charge in [-0.3, -0.25) is 0 Å². The highest BCUT2D eigenvalue weighted by Gasteiger charge is 2.48. The molecule has 0 spiro atoms. The molecule has 2 aliphatic carbocycles. The summed E-state index contributed by atoms with van der Waals surface area (Å²) in [6, 6.07) is 50.9. The van der Waals surface area contributed by atoms with Crippen molar-refractivity contribution in [3.63, 3.8) is 0 Å². The van der Waals surface area contributed by atoms with E-state index in [9.17, 15) is 0 Å². The second kappa shape index (κ2) is 13.0. The van der Waals surface area contributed by atoms with Crippen LogP contribution in [0.5, 0.6) is 0 Å². The molecule has 1 aromatic heterocycles. The summed E-state index contributed by atoms with van der Waals surface area (Å²) in [4.78, 5) is 5.28. The van der Waals surface area contributed by atoms with E-state index in [1.54, 1.807) is 0 Å². The zero-order valence-corrected chi connectivity index (χ0v) is 38.4. The van der Waals surface area contributed by atoms with Crippen LogP contribution in [0.1, 0.15) is 109 Å². The summed E-state index contributed by atoms with van der Waals surface area (Å²) in [7, 11) is 0. The van der Waals surface area contributed by atoms with E-state index in [1.165, 1.54) is 115 Å². The smallest absolute Gasteiger partial charge is 0.252 e. The predicted molar refractivity (Wildman–Crippen MR) is 268 cm³/mol. The van der Waals surface area contributed by atoms with Crippen LogP contribution in [0.4, 0.5) is 34.1 Å². The van der Waals surface area contributed by atoms with E-state index >= 15 is 0 Å². The lowest BCUT2D eigenvalue weighted by molar-refractivity contribution is 0.332. The van der Waals surface area contributed by atoms with Crippen LogP contribution in [-0.2, 0) is 21.7 Å². The van der Waals surface area contributed by atoms with E-state index in [2.05, 4.69) is 206 Å². The Morgan fingerprint density at radius 3 is 1.81 bits per heavy atom. The van der Waals surface area contributed by atoms with E-state index in [1.807, 2.05) is 0 Å². The van der Waals surface area contributed by atoms with Gasteiger partial charge in [-0.05, 0) is 153 Å². The van der Waals surface area contributed by atoms with Gasteiger partial charge in [0.05, 0.1) is 16.8 Å². The minimum atomic E-state index is -0.00538. The van der Waals surface area contributed by atoms with Gasteiger partial charge in [-0.15, -0.1) is 0 Å². The van der Waals surface area contributed by atoms with Crippen LogP contribution in [0.25, 0.3) is 33.1 Å². The quantitative estimate of drug-likeness (QED) is 0.166. The predicted octanol–water partition coefficient (Wildman–Crippen LogP) is 14.3. The summed E-state index contributed by atoms with van der Waals surface area (Å²) < 4.78 is 6.75. The lowest BCUT2D eigenvalue weighted by Gasteiger charge is -2.48. The van der Waals surface area contributed by atoms with Crippen molar-refractivity contribution in [3.8, 4) is 11.1 Å². The van der Waals surface area contributed by atoms with Gasteiger partial charge in [-0.2, -0.15) is 0 Å². The van der Waals surface area contributed by atoms with Gasteiger partial charge in [-0.25, -0.2) is 0 Å². The van der Waals surface area contributed by atoms with Crippen LogP contribution in [0.15, 0.2) is 138 Å². The highest BCUT2D eigenvalue weighted by Crippen LogP contribution is 2.54. The fourth-order valence-electron chi connectivity index (χ4n) is 12.3. The van der Waals surface area contributed by atoms with Crippen molar-refractivity contribution in [2.24, 2.45) is 0 Å². The van der Waals surface area contributed by atoms with E-state index < -0.39 is 0 Å². The minimum absolute atomic E-state index is 0.00538. The number of aryl methyl sites for hydroxylation is 1. The average molecular weight is 821 g/mol. The Morgan fingerprint density at radius 1 is 0.476 bits per heavy atom. The molecule has 63 heavy (non-hydrogen) atoms. The Hall–Kier alpha value is -6.00. The molecule has 0 radical (unpaired) electrons. The van der Waals surface area contributed by atoms with Gasteiger partial charge in [0.1, 0.15) is 11.2 Å². The van der Waals surface area contributed by atoms with E-state index in [-0.39, 0.29) is 28.4 Å². The highest BCUT2D eigenvalue weighted by atomic mass is 16.3. The summed E-state index contributed by atoms with van der Waals surface area (Å²) in [5.74, 6) is 0. The third-order valence-corrected chi connectivity index (χ3v) is 16.0. The Kier molecular flexibility index (Phi) is 8.00. The first-order chi connectivity index (χ1) is 30.1. The Bertz CT molecular complexity index is 3220. The number of benzene rings is 7. The zero-order chi connectivity index (χ0) is 43.4. The lowest BCUT2D eigenvalue weighted by atomic mass is 9.33. The van der Waals surface area contributed by atoms with E-state index in [0.29, 0.717) is 0 Å². The van der Waals surface area contributed by atoms with Gasteiger partial charge in [0.15, 0.2) is 0 Å². The molecule has 4 heteroatoms. The number of furan rings is 1. The molecule has 12 rings (SSSR count). The van der Waals surface area contributed by atoms with Crippen molar-refractivity contribution in [1.29, 1.82) is 0 Å². The molecule has 7 aromatic carbocycles. The van der Waals surface area contributed by atoms with Crippen LogP contribution >= 0.6 is 0 Å². The first-order valence-electron chi connectivity index (χ1n) is 23.3. The van der Waals surface area contributed by atoms with Crippen molar-refractivity contribution in [2.75, 3.05) is 9.80 Å². The molecule has 2 aliphatic heterocycles. The Morgan fingerprint density at radius 2 is 1.08 bits per heavy atom. The molecule has 312 valence electrons. The fourth-order valence-corrected chi connectivity index (χ4v) is 12.3. The number of rotatable bonds is 3. The normalized spacial score (nSPS) is 18.4. The number of nitrogens with zero attached hydrogens (tertiary/aromatic N) is 2. The number of para-hydroxylation sites is 2. The van der Waals surface area contributed by atoms with E-state index in [4.69, 9.17) is 4.42 Å². The summed E-state index contributed by atoms with van der Waals surface area (Å²) in [5, 5.41) is 2.32. The standard InChI is InChI=1S/C59H57BN2O/c1-36-31-49-54-50(32-36)62(47-21-15-13-19-39(47)37-17-11-10-12-18-37)55-45(25-26-52-53(55)40-20-14-16-22-51(40)63-52)60(54)46-34-43-44(59(8,9)30-29-58(43,6)7)35-48(46)61(49)38-23-24-41-42(33-38)57(4,5)28-27-56(41,2)3/h10-26,31-35H,27-30H2,1-9H3. The van der Waals surface area contributed by atoms with Crippen molar-refractivity contribution in [3.05, 3.63) is 161 Å². The summed E-state index contributed by atoms with van der Waals surface area (Å²) >= 11 is 0. The SMILES string of the molecule is Cc1cc2c3c(c1)N(c1ccccc1-c1ccccc1)c1c(ccc4oc5ccccc5c14)B3c1cc3c(cc1N2c1ccc2c(c1)C(C)(C)CCC2(C)C)C(C)(C)CCC3(C)C. The molecule has 0 saturated carbocycles. The van der Waals surface area contributed by atoms with Gasteiger partial charge in [0.2, 0.25) is 0 Å². The monoisotopic (exact) mass is 820 g/mol. The van der Waals surface area contributed by atoms with Crippen molar-refractivity contribution >= 4 is 79.2 Å². The van der Waals surface area contributed by atoms with E-state index in [0.717, 1.165) is 22.2 Å². The average Bonchev–Trinajstić information content (AvgIpc) is 3.66. The molecule has 0 saturated heterocycles. The van der Waals surface area contributed by atoms with Gasteiger partial charge in [-0.1, -0.05) is 140 Å². The second-order valence-electron chi connectivity index (χ2n) is 21.9. The second-order valence-corrected chi connectivity index (χ2v) is 21.9. The lowest BCUT2D eigenvalue weighted by Crippen LogP contribution is -2.62. The van der Waals surface area contributed by atoms with Crippen LogP contribution < -0.4 is 26.2 Å². The minimum Gasteiger partial charge on any atom is -0.456 e. The Labute approximate surface area is 373 Å². The summed E-state index contributed by atoms with van der Waals surface area (Å²) in [5.41, 5.74) is 23.2. The summed E-state index contributed by atoms with van der Waals surface area (Å²) in [6.45, 7) is 22.0. The molecule has 0 N–H and O–H groups in total. The largest absolute Gasteiger partial charge is 0.456 e. The van der Waals surface area contributed by atoms with Crippen molar-refractivity contribution < 1.29 is 4.42 Å². The number of hydrogen-bond donors (Lipinski definition) is 0. The molecular formula is C59H57BN2O. The maximum absolute atomic E-state index is 6.75. The fraction of sp³-hybridized carbons (Fsp3) is 0.288. The molecular weight excluding hydrogens is 763 g/mol. The van der Waals surface area contributed by atoms with Crippen molar-refractivity contribution in [2.45, 2.75) is 110 Å². The molecule has 0 bridgehead atoms. The van der Waals surface area contributed by atoms with Crippen molar-refractivity contribution in [1.82, 2.24) is 0 Å². The van der Waals surface area contributed by atoms with Gasteiger partial charge >= 0.3 is 0 Å². The van der Waals surface area contributed by atoms with Crippen LogP contribution in [-0.4, -0.2) is 6.71 Å².